The first kappa shape index (κ1) is 15.4. The standard InChI is InChI=1S/C16H25FN2O/c1-3-19-11-10-18(12-13(19)2)9-8-16(20)14-6-4-5-7-15(14)17/h4-7,13,16,20H,3,8-12H2,1-2H3. The third kappa shape index (κ3) is 3.78. The second-order valence-corrected chi connectivity index (χ2v) is 5.60. The highest BCUT2D eigenvalue weighted by Gasteiger charge is 2.23. The maximum absolute atomic E-state index is 13.6. The molecule has 2 rings (SSSR count). The molecule has 4 heteroatoms. The SMILES string of the molecule is CCN1CCN(CCC(O)c2ccccc2F)CC1C. The first-order chi connectivity index (χ1) is 9.61. The number of hydrogen-bond acceptors (Lipinski definition) is 3. The number of aliphatic hydroxyl groups is 1. The highest BCUT2D eigenvalue weighted by Crippen LogP contribution is 2.20. The molecule has 1 heterocycles. The van der Waals surface area contributed by atoms with Crippen LogP contribution in [-0.4, -0.2) is 53.7 Å². The van der Waals surface area contributed by atoms with Gasteiger partial charge >= 0.3 is 0 Å². The third-order valence-electron chi connectivity index (χ3n) is 4.24. The van der Waals surface area contributed by atoms with Gasteiger partial charge in [-0.3, -0.25) is 4.90 Å². The van der Waals surface area contributed by atoms with Crippen molar-refractivity contribution >= 4 is 0 Å². The second-order valence-electron chi connectivity index (χ2n) is 5.60. The molecule has 0 radical (unpaired) electrons. The Hall–Kier alpha value is -0.970. The zero-order chi connectivity index (χ0) is 14.5. The Labute approximate surface area is 121 Å². The molecular formula is C16H25FN2O. The number of hydrogen-bond donors (Lipinski definition) is 1. The van der Waals surface area contributed by atoms with Gasteiger partial charge in [0.05, 0.1) is 6.10 Å². The van der Waals surface area contributed by atoms with E-state index < -0.39 is 6.10 Å². The zero-order valence-corrected chi connectivity index (χ0v) is 12.4. The predicted molar refractivity (Wildman–Crippen MR) is 79.1 cm³/mol. The Kier molecular flexibility index (Phi) is 5.52. The van der Waals surface area contributed by atoms with Crippen molar-refractivity contribution in [3.05, 3.63) is 35.6 Å². The van der Waals surface area contributed by atoms with Gasteiger partial charge in [0.25, 0.3) is 0 Å². The summed E-state index contributed by atoms with van der Waals surface area (Å²) in [6.45, 7) is 9.47. The molecule has 1 aliphatic rings. The largest absolute Gasteiger partial charge is 0.388 e. The number of piperazine rings is 1. The highest BCUT2D eigenvalue weighted by molar-refractivity contribution is 5.19. The van der Waals surface area contributed by atoms with Gasteiger partial charge in [0.2, 0.25) is 0 Å². The summed E-state index contributed by atoms with van der Waals surface area (Å²) in [7, 11) is 0. The van der Waals surface area contributed by atoms with Crippen molar-refractivity contribution < 1.29 is 9.50 Å². The van der Waals surface area contributed by atoms with Crippen LogP contribution in [-0.2, 0) is 0 Å². The molecule has 112 valence electrons. The van der Waals surface area contributed by atoms with Crippen molar-refractivity contribution in [2.45, 2.75) is 32.4 Å². The van der Waals surface area contributed by atoms with E-state index in [4.69, 9.17) is 0 Å². The van der Waals surface area contributed by atoms with E-state index in [1.165, 1.54) is 6.07 Å². The molecule has 1 fully saturated rings. The first-order valence-electron chi connectivity index (χ1n) is 7.50. The highest BCUT2D eigenvalue weighted by atomic mass is 19.1. The smallest absolute Gasteiger partial charge is 0.128 e. The third-order valence-corrected chi connectivity index (χ3v) is 4.24. The molecule has 1 N–H and O–H groups in total. The van der Waals surface area contributed by atoms with E-state index in [1.807, 2.05) is 0 Å². The number of aliphatic hydroxyl groups excluding tert-OH is 1. The normalized spacial score (nSPS) is 22.9. The van der Waals surface area contributed by atoms with Gasteiger partial charge in [-0.1, -0.05) is 25.1 Å². The lowest BCUT2D eigenvalue weighted by molar-refractivity contribution is 0.0712. The minimum Gasteiger partial charge on any atom is -0.388 e. The fraction of sp³-hybridized carbons (Fsp3) is 0.625. The van der Waals surface area contributed by atoms with Gasteiger partial charge in [0.1, 0.15) is 5.82 Å². The van der Waals surface area contributed by atoms with Gasteiger partial charge in [-0.05, 0) is 26.0 Å². The summed E-state index contributed by atoms with van der Waals surface area (Å²) in [6.07, 6.45) is -0.129. The lowest BCUT2D eigenvalue weighted by Gasteiger charge is -2.39. The van der Waals surface area contributed by atoms with Gasteiger partial charge in [-0.15, -0.1) is 0 Å². The average molecular weight is 280 g/mol. The quantitative estimate of drug-likeness (QED) is 0.896. The van der Waals surface area contributed by atoms with Crippen LogP contribution in [0.2, 0.25) is 0 Å². The lowest BCUT2D eigenvalue weighted by atomic mass is 10.1. The topological polar surface area (TPSA) is 26.7 Å². The number of rotatable bonds is 5. The predicted octanol–water partition coefficient (Wildman–Crippen LogP) is 2.28. The van der Waals surface area contributed by atoms with Crippen LogP contribution >= 0.6 is 0 Å². The Morgan fingerprint density at radius 3 is 2.75 bits per heavy atom. The molecule has 0 spiro atoms. The summed E-state index contributed by atoms with van der Waals surface area (Å²) in [5.74, 6) is -0.316. The maximum Gasteiger partial charge on any atom is 0.128 e. The molecule has 2 unspecified atom stereocenters. The van der Waals surface area contributed by atoms with Gasteiger partial charge in [0.15, 0.2) is 0 Å². The van der Waals surface area contributed by atoms with Crippen LogP contribution in [0.4, 0.5) is 4.39 Å². The Morgan fingerprint density at radius 1 is 1.35 bits per heavy atom. The van der Waals surface area contributed by atoms with Crippen molar-refractivity contribution in [1.29, 1.82) is 0 Å². The molecule has 20 heavy (non-hydrogen) atoms. The zero-order valence-electron chi connectivity index (χ0n) is 12.4. The van der Waals surface area contributed by atoms with Crippen LogP contribution in [0, 0.1) is 5.82 Å². The lowest BCUT2D eigenvalue weighted by Crippen LogP contribution is -2.51. The van der Waals surface area contributed by atoms with Crippen molar-refractivity contribution in [3.63, 3.8) is 0 Å². The van der Waals surface area contributed by atoms with Gasteiger partial charge in [0, 0.05) is 37.8 Å². The molecule has 1 aromatic carbocycles. The van der Waals surface area contributed by atoms with Gasteiger partial charge < -0.3 is 10.0 Å². The second kappa shape index (κ2) is 7.16. The van der Waals surface area contributed by atoms with Crippen LogP contribution in [0.3, 0.4) is 0 Å². The van der Waals surface area contributed by atoms with Crippen LogP contribution in [0.5, 0.6) is 0 Å². The summed E-state index contributed by atoms with van der Waals surface area (Å²) in [5.41, 5.74) is 0.410. The molecule has 1 aliphatic heterocycles. The van der Waals surface area contributed by atoms with Crippen molar-refractivity contribution in [1.82, 2.24) is 9.80 Å². The fourth-order valence-corrected chi connectivity index (χ4v) is 2.95. The van der Waals surface area contributed by atoms with E-state index in [0.717, 1.165) is 32.7 Å². The summed E-state index contributed by atoms with van der Waals surface area (Å²) in [5, 5.41) is 10.1. The molecule has 0 aliphatic carbocycles. The molecular weight excluding hydrogens is 255 g/mol. The van der Waals surface area contributed by atoms with E-state index in [1.54, 1.807) is 18.2 Å². The number of nitrogens with zero attached hydrogens (tertiary/aromatic N) is 2. The number of likely N-dealkylation sites (N-methyl/N-ethyl adjacent to an activating group) is 1. The maximum atomic E-state index is 13.6. The van der Waals surface area contributed by atoms with E-state index in [9.17, 15) is 9.50 Å². The van der Waals surface area contributed by atoms with E-state index >= 15 is 0 Å². The minimum atomic E-state index is -0.712. The van der Waals surface area contributed by atoms with Crippen LogP contribution in [0.15, 0.2) is 24.3 Å². The molecule has 0 saturated carbocycles. The monoisotopic (exact) mass is 280 g/mol. The Bertz CT molecular complexity index is 427. The molecule has 3 nitrogen and oxygen atoms in total. The van der Waals surface area contributed by atoms with E-state index in [0.29, 0.717) is 18.0 Å². The summed E-state index contributed by atoms with van der Waals surface area (Å²) in [6, 6.07) is 7.04. The fourth-order valence-electron chi connectivity index (χ4n) is 2.95. The van der Waals surface area contributed by atoms with E-state index in [-0.39, 0.29) is 5.82 Å². The van der Waals surface area contributed by atoms with Crippen LogP contribution in [0.1, 0.15) is 31.9 Å². The molecule has 0 amide bonds. The Morgan fingerprint density at radius 2 is 2.10 bits per heavy atom. The molecule has 2 atom stereocenters. The van der Waals surface area contributed by atoms with Gasteiger partial charge in [-0.25, -0.2) is 4.39 Å². The van der Waals surface area contributed by atoms with Crippen molar-refractivity contribution in [2.75, 3.05) is 32.7 Å². The number of halogens is 1. The van der Waals surface area contributed by atoms with Crippen LogP contribution < -0.4 is 0 Å². The minimum absolute atomic E-state index is 0.316. The number of benzene rings is 1. The van der Waals surface area contributed by atoms with Crippen LogP contribution in [0.25, 0.3) is 0 Å². The summed E-state index contributed by atoms with van der Waals surface area (Å²) < 4.78 is 13.6. The molecule has 0 bridgehead atoms. The molecule has 1 saturated heterocycles. The summed E-state index contributed by atoms with van der Waals surface area (Å²) in [4.78, 5) is 4.82. The average Bonchev–Trinajstić information content (AvgIpc) is 2.45. The Balaban J connectivity index is 1.82. The molecule has 0 aromatic heterocycles. The summed E-state index contributed by atoms with van der Waals surface area (Å²) >= 11 is 0. The van der Waals surface area contributed by atoms with Gasteiger partial charge in [-0.2, -0.15) is 0 Å². The van der Waals surface area contributed by atoms with E-state index in [2.05, 4.69) is 23.6 Å². The van der Waals surface area contributed by atoms with Crippen molar-refractivity contribution in [2.24, 2.45) is 0 Å². The first-order valence-corrected chi connectivity index (χ1v) is 7.50. The molecule has 1 aromatic rings. The van der Waals surface area contributed by atoms with Crippen molar-refractivity contribution in [3.8, 4) is 0 Å².